The summed E-state index contributed by atoms with van der Waals surface area (Å²) in [5, 5.41) is 1.17. The second kappa shape index (κ2) is 8.50. The highest BCUT2D eigenvalue weighted by Crippen LogP contribution is 2.47. The first-order chi connectivity index (χ1) is 14.6. The van der Waals surface area contributed by atoms with E-state index in [1.54, 1.807) is 0 Å². The SMILES string of the molecule is COC(=O)C[C@H]1CN2C(=O)Cc3c([nH]c4ccccc34)[C@@H]2C[C@@H]1CC1SCCCS1. The van der Waals surface area contributed by atoms with E-state index in [9.17, 15) is 9.59 Å². The number of methoxy groups -OCH3 is 1. The number of amides is 1. The molecule has 1 N–H and O–H groups in total. The first-order valence-corrected chi connectivity index (χ1v) is 12.9. The van der Waals surface area contributed by atoms with E-state index >= 15 is 0 Å². The molecule has 1 aromatic carbocycles. The van der Waals surface area contributed by atoms with Gasteiger partial charge in [0, 0.05) is 23.1 Å². The Hall–Kier alpha value is -1.60. The van der Waals surface area contributed by atoms with E-state index in [4.69, 9.17) is 4.74 Å². The summed E-state index contributed by atoms with van der Waals surface area (Å²) in [5.41, 5.74) is 3.49. The van der Waals surface area contributed by atoms with E-state index < -0.39 is 0 Å². The van der Waals surface area contributed by atoms with E-state index in [2.05, 4.69) is 40.6 Å². The Balaban J connectivity index is 1.46. The second-order valence-corrected chi connectivity index (χ2v) is 11.5. The van der Waals surface area contributed by atoms with Crippen molar-refractivity contribution in [2.75, 3.05) is 25.2 Å². The lowest BCUT2D eigenvalue weighted by Crippen LogP contribution is -2.49. The van der Waals surface area contributed by atoms with Crippen molar-refractivity contribution in [2.24, 2.45) is 11.8 Å². The van der Waals surface area contributed by atoms with E-state index in [0.29, 0.717) is 29.9 Å². The largest absolute Gasteiger partial charge is 0.469 e. The lowest BCUT2D eigenvalue weighted by atomic mass is 9.75. The topological polar surface area (TPSA) is 62.4 Å². The van der Waals surface area contributed by atoms with Gasteiger partial charge in [-0.3, -0.25) is 9.59 Å². The van der Waals surface area contributed by atoms with Crippen molar-refractivity contribution >= 4 is 46.3 Å². The van der Waals surface area contributed by atoms with Crippen molar-refractivity contribution in [2.45, 2.75) is 42.7 Å². The molecule has 1 amide bonds. The zero-order chi connectivity index (χ0) is 20.7. The maximum absolute atomic E-state index is 13.1. The van der Waals surface area contributed by atoms with Gasteiger partial charge in [0.1, 0.15) is 0 Å². The van der Waals surface area contributed by atoms with Crippen molar-refractivity contribution in [3.8, 4) is 0 Å². The number of fused-ring (bicyclic) bond motifs is 5. The predicted octanol–water partition coefficient (Wildman–Crippen LogP) is 4.38. The standard InChI is InChI=1S/C23H28N2O3S2/c1-28-21(27)10-15-13-25-19(9-14(15)11-22-29-7-4-8-30-22)23-17(12-20(25)26)16-5-2-3-6-18(16)24-23/h2-3,5-6,14-15,19,22,24H,4,7-13H2,1H3/t14-,15+,19+/m1/s1. The fourth-order valence-electron chi connectivity index (χ4n) is 5.37. The summed E-state index contributed by atoms with van der Waals surface area (Å²) in [5.74, 6) is 3.07. The van der Waals surface area contributed by atoms with Crippen LogP contribution in [-0.2, 0) is 20.7 Å². The fourth-order valence-corrected chi connectivity index (χ4v) is 8.43. The molecule has 0 radical (unpaired) electrons. The van der Waals surface area contributed by atoms with Crippen LogP contribution in [-0.4, -0.2) is 51.5 Å². The third-order valence-corrected chi connectivity index (χ3v) is 9.87. The summed E-state index contributed by atoms with van der Waals surface area (Å²) in [7, 11) is 1.46. The van der Waals surface area contributed by atoms with Crippen molar-refractivity contribution < 1.29 is 14.3 Å². The van der Waals surface area contributed by atoms with Crippen LogP contribution in [0.25, 0.3) is 10.9 Å². The van der Waals surface area contributed by atoms with Crippen molar-refractivity contribution in [1.29, 1.82) is 0 Å². The van der Waals surface area contributed by atoms with Crippen LogP contribution in [0.4, 0.5) is 0 Å². The van der Waals surface area contributed by atoms with Gasteiger partial charge in [0.25, 0.3) is 0 Å². The number of hydrogen-bond acceptors (Lipinski definition) is 5. The number of carbonyl (C=O) groups is 2. The van der Waals surface area contributed by atoms with Crippen molar-refractivity contribution in [3.05, 3.63) is 35.5 Å². The number of ether oxygens (including phenoxy) is 1. The van der Waals surface area contributed by atoms with Crippen LogP contribution in [0.2, 0.25) is 0 Å². The molecule has 30 heavy (non-hydrogen) atoms. The molecule has 160 valence electrons. The van der Waals surface area contributed by atoms with Gasteiger partial charge in [-0.1, -0.05) is 18.2 Å². The third-order valence-electron chi connectivity index (χ3n) is 6.88. The van der Waals surface area contributed by atoms with Gasteiger partial charge in [0.05, 0.1) is 30.6 Å². The Labute approximate surface area is 185 Å². The van der Waals surface area contributed by atoms with E-state index in [-0.39, 0.29) is 23.8 Å². The van der Waals surface area contributed by atoms with Crippen LogP contribution in [0.15, 0.2) is 24.3 Å². The number of rotatable bonds is 4. The average Bonchev–Trinajstić information content (AvgIpc) is 3.14. The minimum Gasteiger partial charge on any atom is -0.469 e. The zero-order valence-corrected chi connectivity index (χ0v) is 18.9. The molecule has 0 saturated carbocycles. The molecule has 0 bridgehead atoms. The average molecular weight is 445 g/mol. The smallest absolute Gasteiger partial charge is 0.305 e. The summed E-state index contributed by atoms with van der Waals surface area (Å²) in [6.45, 7) is 0.653. The molecule has 2 saturated heterocycles. The van der Waals surface area contributed by atoms with Gasteiger partial charge in [-0.2, -0.15) is 0 Å². The molecular formula is C23H28N2O3S2. The van der Waals surface area contributed by atoms with Gasteiger partial charge >= 0.3 is 5.97 Å². The monoisotopic (exact) mass is 444 g/mol. The number of thioether (sulfide) groups is 2. The number of aromatic amines is 1. The summed E-state index contributed by atoms with van der Waals surface area (Å²) in [6, 6.07) is 8.38. The highest BCUT2D eigenvalue weighted by atomic mass is 32.2. The summed E-state index contributed by atoms with van der Waals surface area (Å²) in [6.07, 6.45) is 4.15. The number of nitrogens with zero attached hydrogens (tertiary/aromatic N) is 1. The lowest BCUT2D eigenvalue weighted by Gasteiger charge is -2.47. The van der Waals surface area contributed by atoms with Gasteiger partial charge in [-0.25, -0.2) is 0 Å². The Kier molecular flexibility index (Phi) is 5.75. The molecule has 7 heteroatoms. The second-order valence-electron chi connectivity index (χ2n) is 8.60. The molecule has 3 atom stereocenters. The number of aromatic nitrogens is 1. The Bertz CT molecular complexity index is 953. The summed E-state index contributed by atoms with van der Waals surface area (Å²) in [4.78, 5) is 30.9. The highest BCUT2D eigenvalue weighted by molar-refractivity contribution is 8.17. The van der Waals surface area contributed by atoms with Crippen molar-refractivity contribution in [1.82, 2.24) is 9.88 Å². The zero-order valence-electron chi connectivity index (χ0n) is 17.3. The number of benzene rings is 1. The van der Waals surface area contributed by atoms with Crippen LogP contribution in [0.1, 0.15) is 43.0 Å². The third kappa shape index (κ3) is 3.75. The van der Waals surface area contributed by atoms with E-state index in [1.165, 1.54) is 41.7 Å². The molecule has 4 heterocycles. The molecule has 3 aliphatic rings. The number of hydrogen-bond donors (Lipinski definition) is 1. The highest BCUT2D eigenvalue weighted by Gasteiger charge is 2.44. The first-order valence-electron chi connectivity index (χ1n) is 10.8. The molecule has 0 spiro atoms. The Morgan fingerprint density at radius 1 is 1.23 bits per heavy atom. The molecule has 0 aliphatic carbocycles. The van der Waals surface area contributed by atoms with Gasteiger partial charge < -0.3 is 14.6 Å². The number of carbonyl (C=O) groups excluding carboxylic acids is 2. The molecule has 5 nitrogen and oxygen atoms in total. The molecule has 3 aliphatic heterocycles. The first kappa shape index (κ1) is 20.3. The minimum absolute atomic E-state index is 0.0890. The summed E-state index contributed by atoms with van der Waals surface area (Å²) < 4.78 is 5.59. The van der Waals surface area contributed by atoms with E-state index in [0.717, 1.165) is 18.4 Å². The predicted molar refractivity (Wildman–Crippen MR) is 123 cm³/mol. The number of para-hydroxylation sites is 1. The number of esters is 1. The van der Waals surface area contributed by atoms with Crippen LogP contribution in [0.3, 0.4) is 0 Å². The quantitative estimate of drug-likeness (QED) is 0.709. The molecule has 5 rings (SSSR count). The number of nitrogens with one attached hydrogen (secondary N) is 1. The fraction of sp³-hybridized carbons (Fsp3) is 0.565. The Morgan fingerprint density at radius 2 is 2.03 bits per heavy atom. The van der Waals surface area contributed by atoms with Crippen LogP contribution < -0.4 is 0 Å². The van der Waals surface area contributed by atoms with Crippen molar-refractivity contribution in [3.63, 3.8) is 0 Å². The lowest BCUT2D eigenvalue weighted by molar-refractivity contribution is -0.146. The maximum Gasteiger partial charge on any atom is 0.305 e. The Morgan fingerprint density at radius 3 is 2.83 bits per heavy atom. The van der Waals surface area contributed by atoms with Gasteiger partial charge in [-0.15, -0.1) is 23.5 Å². The molecule has 2 aromatic rings. The molecular weight excluding hydrogens is 416 g/mol. The minimum atomic E-state index is -0.164. The van der Waals surface area contributed by atoms with E-state index in [1.807, 2.05) is 17.0 Å². The van der Waals surface area contributed by atoms with Crippen LogP contribution >= 0.6 is 23.5 Å². The van der Waals surface area contributed by atoms with Gasteiger partial charge in [0.2, 0.25) is 5.91 Å². The number of piperidine rings is 1. The van der Waals surface area contributed by atoms with Crippen LogP contribution in [0.5, 0.6) is 0 Å². The maximum atomic E-state index is 13.1. The van der Waals surface area contributed by atoms with Gasteiger partial charge in [0.15, 0.2) is 0 Å². The normalized spacial score (nSPS) is 27.0. The molecule has 1 aromatic heterocycles. The molecule has 0 unspecified atom stereocenters. The number of H-pyrrole nitrogens is 1. The molecule has 2 fully saturated rings. The van der Waals surface area contributed by atoms with Gasteiger partial charge in [-0.05, 0) is 54.2 Å². The van der Waals surface area contributed by atoms with Crippen LogP contribution in [0, 0.1) is 11.8 Å². The summed E-state index contributed by atoms with van der Waals surface area (Å²) >= 11 is 4.12.